The van der Waals surface area contributed by atoms with Gasteiger partial charge in [0.15, 0.2) is 11.5 Å². The normalized spacial score (nSPS) is 10.4. The molecular weight excluding hydrogens is 344 g/mol. The highest BCUT2D eigenvalue weighted by atomic mass is 16.7. The van der Waals surface area contributed by atoms with Crippen LogP contribution in [-0.4, -0.2) is 30.2 Å². The number of hydrogen-bond acceptors (Lipinski definition) is 8. The molecule has 0 amide bonds. The average Bonchev–Trinajstić information content (AvgIpc) is 2.62. The molecule has 2 aromatic rings. The van der Waals surface area contributed by atoms with Gasteiger partial charge in [0, 0.05) is 24.6 Å². The van der Waals surface area contributed by atoms with Crippen molar-refractivity contribution in [2.24, 2.45) is 5.16 Å². The Morgan fingerprint density at radius 2 is 1.92 bits per heavy atom. The fourth-order valence-corrected chi connectivity index (χ4v) is 1.92. The van der Waals surface area contributed by atoms with Crippen LogP contribution in [0.5, 0.6) is 11.5 Å². The molecule has 0 aromatic heterocycles. The van der Waals surface area contributed by atoms with Crippen LogP contribution in [0, 0.1) is 10.1 Å². The summed E-state index contributed by atoms with van der Waals surface area (Å²) < 4.78 is 10.4. The van der Waals surface area contributed by atoms with Crippen LogP contribution in [0.3, 0.4) is 0 Å². The van der Waals surface area contributed by atoms with Gasteiger partial charge >= 0.3 is 11.9 Å². The average molecular weight is 358 g/mol. The Hall–Kier alpha value is -3.75. The minimum Gasteiger partial charge on any atom is -0.493 e. The van der Waals surface area contributed by atoms with Crippen molar-refractivity contribution >= 4 is 23.8 Å². The molecule has 0 radical (unpaired) electrons. The second-order valence-electron chi connectivity index (χ2n) is 4.92. The van der Waals surface area contributed by atoms with Gasteiger partial charge in [-0.1, -0.05) is 11.2 Å². The number of carbonyl (C=O) groups excluding carboxylic acids is 2. The summed E-state index contributed by atoms with van der Waals surface area (Å²) in [7, 11) is 1.38. The van der Waals surface area contributed by atoms with Crippen LogP contribution >= 0.6 is 0 Å². The molecule has 0 unspecified atom stereocenters. The van der Waals surface area contributed by atoms with Gasteiger partial charge < -0.3 is 14.3 Å². The molecule has 0 spiro atoms. The standard InChI is InChI=1S/C17H14N2O7/c1-11(20)26-18-10-12-6-7-15(16(8-12)24-2)25-17(21)13-4-3-5-14(9-13)19(22)23/h3-10H,1-2H3/b18-10+. The van der Waals surface area contributed by atoms with Gasteiger partial charge in [0.05, 0.1) is 23.8 Å². The van der Waals surface area contributed by atoms with Crippen LogP contribution in [0.4, 0.5) is 5.69 Å². The Labute approximate surface area is 147 Å². The molecule has 0 aliphatic heterocycles. The highest BCUT2D eigenvalue weighted by molar-refractivity contribution is 5.92. The van der Waals surface area contributed by atoms with Crippen molar-refractivity contribution in [3.63, 3.8) is 0 Å². The van der Waals surface area contributed by atoms with Crippen molar-refractivity contribution in [1.29, 1.82) is 0 Å². The summed E-state index contributed by atoms with van der Waals surface area (Å²) in [4.78, 5) is 37.5. The Bertz CT molecular complexity index is 877. The SMILES string of the molecule is COc1cc(/C=N/OC(C)=O)ccc1OC(=O)c1cccc([N+](=O)[O-])c1. The Morgan fingerprint density at radius 3 is 2.58 bits per heavy atom. The molecule has 26 heavy (non-hydrogen) atoms. The zero-order chi connectivity index (χ0) is 19.1. The van der Waals surface area contributed by atoms with E-state index in [2.05, 4.69) is 9.99 Å². The number of methoxy groups -OCH3 is 1. The highest BCUT2D eigenvalue weighted by Gasteiger charge is 2.15. The smallest absolute Gasteiger partial charge is 0.343 e. The van der Waals surface area contributed by atoms with Crippen molar-refractivity contribution in [1.82, 2.24) is 0 Å². The monoisotopic (exact) mass is 358 g/mol. The van der Waals surface area contributed by atoms with E-state index < -0.39 is 16.9 Å². The van der Waals surface area contributed by atoms with E-state index in [1.807, 2.05) is 0 Å². The fourth-order valence-electron chi connectivity index (χ4n) is 1.92. The maximum absolute atomic E-state index is 12.2. The van der Waals surface area contributed by atoms with Gasteiger partial charge in [-0.05, 0) is 24.3 Å². The largest absolute Gasteiger partial charge is 0.493 e. The minimum absolute atomic E-state index is 0.0294. The summed E-state index contributed by atoms with van der Waals surface area (Å²) in [5, 5.41) is 14.3. The quantitative estimate of drug-likeness (QED) is 0.194. The Morgan fingerprint density at radius 1 is 1.15 bits per heavy atom. The van der Waals surface area contributed by atoms with Gasteiger partial charge in [0.1, 0.15) is 0 Å². The third-order valence-electron chi connectivity index (χ3n) is 3.07. The van der Waals surface area contributed by atoms with Crippen LogP contribution in [0.25, 0.3) is 0 Å². The number of benzene rings is 2. The number of ether oxygens (including phenoxy) is 2. The first-order chi connectivity index (χ1) is 12.4. The molecule has 0 saturated heterocycles. The molecule has 0 bridgehead atoms. The molecule has 9 heteroatoms. The number of nitrogens with zero attached hydrogens (tertiary/aromatic N) is 2. The number of rotatable bonds is 6. The van der Waals surface area contributed by atoms with E-state index in [4.69, 9.17) is 9.47 Å². The van der Waals surface area contributed by atoms with Crippen molar-refractivity contribution in [2.75, 3.05) is 7.11 Å². The van der Waals surface area contributed by atoms with Crippen molar-refractivity contribution in [3.8, 4) is 11.5 Å². The molecular formula is C17H14N2O7. The molecule has 0 N–H and O–H groups in total. The van der Waals surface area contributed by atoms with Crippen molar-refractivity contribution < 1.29 is 28.8 Å². The second-order valence-corrected chi connectivity index (χ2v) is 4.92. The molecule has 2 rings (SSSR count). The van der Waals surface area contributed by atoms with Gasteiger partial charge in [-0.15, -0.1) is 0 Å². The molecule has 9 nitrogen and oxygen atoms in total. The van der Waals surface area contributed by atoms with Gasteiger partial charge in [-0.2, -0.15) is 0 Å². The first kappa shape index (κ1) is 18.6. The van der Waals surface area contributed by atoms with Crippen LogP contribution in [-0.2, 0) is 9.63 Å². The number of non-ortho nitro benzene ring substituents is 1. The predicted octanol–water partition coefficient (Wildman–Crippen LogP) is 2.72. The van der Waals surface area contributed by atoms with Gasteiger partial charge in [-0.3, -0.25) is 10.1 Å². The maximum Gasteiger partial charge on any atom is 0.343 e. The highest BCUT2D eigenvalue weighted by Crippen LogP contribution is 2.28. The van der Waals surface area contributed by atoms with Gasteiger partial charge in [-0.25, -0.2) is 9.59 Å². The molecule has 0 fully saturated rings. The van der Waals surface area contributed by atoms with Gasteiger partial charge in [0.25, 0.3) is 5.69 Å². The second kappa shape index (κ2) is 8.38. The number of oxime groups is 1. The summed E-state index contributed by atoms with van der Waals surface area (Å²) in [5.74, 6) is -0.978. The Balaban J connectivity index is 2.19. The number of esters is 1. The van der Waals surface area contributed by atoms with E-state index in [0.29, 0.717) is 5.56 Å². The van der Waals surface area contributed by atoms with Crippen LogP contribution in [0.15, 0.2) is 47.6 Å². The molecule has 0 atom stereocenters. The lowest BCUT2D eigenvalue weighted by Crippen LogP contribution is -2.09. The van der Waals surface area contributed by atoms with E-state index in [9.17, 15) is 19.7 Å². The Kier molecular flexibility index (Phi) is 5.99. The van der Waals surface area contributed by atoms with Gasteiger partial charge in [0.2, 0.25) is 0 Å². The van der Waals surface area contributed by atoms with Crippen molar-refractivity contribution in [3.05, 3.63) is 63.7 Å². The van der Waals surface area contributed by atoms with E-state index in [1.54, 1.807) is 6.07 Å². The summed E-state index contributed by atoms with van der Waals surface area (Å²) in [6.45, 7) is 1.22. The number of nitro benzene ring substituents is 1. The molecule has 2 aromatic carbocycles. The maximum atomic E-state index is 12.2. The summed E-state index contributed by atoms with van der Waals surface area (Å²) in [6.07, 6.45) is 1.29. The fraction of sp³-hybridized carbons (Fsp3) is 0.118. The zero-order valence-corrected chi connectivity index (χ0v) is 13.9. The number of nitro groups is 1. The lowest BCUT2D eigenvalue weighted by molar-refractivity contribution is -0.384. The molecule has 134 valence electrons. The number of carbonyl (C=O) groups is 2. The summed E-state index contributed by atoms with van der Waals surface area (Å²) in [5.41, 5.74) is 0.350. The van der Waals surface area contributed by atoms with E-state index in [1.165, 1.54) is 50.6 Å². The van der Waals surface area contributed by atoms with E-state index >= 15 is 0 Å². The molecule has 0 heterocycles. The molecule has 0 aliphatic rings. The predicted molar refractivity (Wildman–Crippen MR) is 90.4 cm³/mol. The molecule has 0 aliphatic carbocycles. The van der Waals surface area contributed by atoms with Crippen molar-refractivity contribution in [2.45, 2.75) is 6.92 Å². The summed E-state index contributed by atoms with van der Waals surface area (Å²) >= 11 is 0. The first-order valence-electron chi connectivity index (χ1n) is 7.26. The minimum atomic E-state index is -0.770. The summed E-state index contributed by atoms with van der Waals surface area (Å²) in [6, 6.07) is 9.73. The van der Waals surface area contributed by atoms with Crippen LogP contribution in [0.2, 0.25) is 0 Å². The van der Waals surface area contributed by atoms with E-state index in [0.717, 1.165) is 6.07 Å². The molecule has 0 saturated carbocycles. The lowest BCUT2D eigenvalue weighted by Gasteiger charge is -2.09. The first-order valence-corrected chi connectivity index (χ1v) is 7.26. The van der Waals surface area contributed by atoms with E-state index in [-0.39, 0.29) is 22.7 Å². The third kappa shape index (κ3) is 4.87. The topological polar surface area (TPSA) is 117 Å². The van der Waals surface area contributed by atoms with Crippen LogP contribution in [0.1, 0.15) is 22.8 Å². The lowest BCUT2D eigenvalue weighted by atomic mass is 10.2. The third-order valence-corrected chi connectivity index (χ3v) is 3.07. The number of hydrogen-bond donors (Lipinski definition) is 0. The zero-order valence-electron chi connectivity index (χ0n) is 13.9. The van der Waals surface area contributed by atoms with Crippen LogP contribution < -0.4 is 9.47 Å².